The second-order valence-electron chi connectivity index (χ2n) is 4.60. The van der Waals surface area contributed by atoms with Crippen LogP contribution in [-0.4, -0.2) is 5.91 Å². The number of alkyl halides is 1. The maximum Gasteiger partial charge on any atom is 0.255 e. The molecule has 0 aliphatic heterocycles. The average molecular weight is 274 g/mol. The van der Waals surface area contributed by atoms with Gasteiger partial charge in [-0.3, -0.25) is 4.79 Å². The van der Waals surface area contributed by atoms with Crippen LogP contribution in [0.25, 0.3) is 0 Å². The van der Waals surface area contributed by atoms with Crippen molar-refractivity contribution in [1.82, 2.24) is 0 Å². The monoisotopic (exact) mass is 273 g/mol. The first-order chi connectivity index (χ1) is 9.10. The summed E-state index contributed by atoms with van der Waals surface area (Å²) in [5.74, 6) is 0.391. The minimum absolute atomic E-state index is 0.0869. The molecule has 0 aromatic heterocycles. The first-order valence-corrected chi connectivity index (χ1v) is 6.67. The van der Waals surface area contributed by atoms with E-state index in [0.717, 1.165) is 22.4 Å². The lowest BCUT2D eigenvalue weighted by molar-refractivity contribution is 0.102. The van der Waals surface area contributed by atoms with Crippen LogP contribution < -0.4 is 5.32 Å². The Labute approximate surface area is 118 Å². The molecule has 0 aliphatic rings. The van der Waals surface area contributed by atoms with E-state index in [-0.39, 0.29) is 5.91 Å². The fourth-order valence-electron chi connectivity index (χ4n) is 1.94. The Balaban J connectivity index is 2.15. The zero-order chi connectivity index (χ0) is 13.8. The highest BCUT2D eigenvalue weighted by atomic mass is 35.5. The van der Waals surface area contributed by atoms with Crippen molar-refractivity contribution in [3.05, 3.63) is 64.7 Å². The predicted molar refractivity (Wildman–Crippen MR) is 79.9 cm³/mol. The molecule has 1 amide bonds. The summed E-state index contributed by atoms with van der Waals surface area (Å²) in [6.07, 6.45) is 0. The summed E-state index contributed by atoms with van der Waals surface area (Å²) in [4.78, 5) is 12.2. The van der Waals surface area contributed by atoms with E-state index in [1.54, 1.807) is 0 Å². The quantitative estimate of drug-likeness (QED) is 0.830. The van der Waals surface area contributed by atoms with Crippen LogP contribution >= 0.6 is 11.6 Å². The van der Waals surface area contributed by atoms with Gasteiger partial charge in [-0.05, 0) is 43.2 Å². The maximum atomic E-state index is 12.2. The molecule has 0 saturated carbocycles. The summed E-state index contributed by atoms with van der Waals surface area (Å²) in [5.41, 5.74) is 4.65. The molecule has 1 N–H and O–H groups in total. The van der Waals surface area contributed by atoms with E-state index in [4.69, 9.17) is 11.6 Å². The minimum atomic E-state index is -0.0869. The van der Waals surface area contributed by atoms with Gasteiger partial charge in [0.05, 0.1) is 0 Å². The van der Waals surface area contributed by atoms with Crippen LogP contribution in [0.4, 0.5) is 5.69 Å². The highest BCUT2D eigenvalue weighted by Crippen LogP contribution is 2.15. The van der Waals surface area contributed by atoms with Gasteiger partial charge < -0.3 is 5.32 Å². The number of benzene rings is 2. The molecule has 2 aromatic carbocycles. The SMILES string of the molecule is Cc1ccc(C(=O)Nc2ccc(CCl)cc2)c(C)c1. The van der Waals surface area contributed by atoms with Crippen molar-refractivity contribution in [2.45, 2.75) is 19.7 Å². The Morgan fingerprint density at radius 3 is 2.37 bits per heavy atom. The molecular formula is C16H16ClNO. The van der Waals surface area contributed by atoms with Gasteiger partial charge in [0.15, 0.2) is 0 Å². The molecule has 0 unspecified atom stereocenters. The lowest BCUT2D eigenvalue weighted by Crippen LogP contribution is -2.13. The molecule has 19 heavy (non-hydrogen) atoms. The summed E-state index contributed by atoms with van der Waals surface area (Å²) in [6.45, 7) is 3.96. The first kappa shape index (κ1) is 13.6. The number of aryl methyl sites for hydroxylation is 2. The Kier molecular flexibility index (Phi) is 4.23. The largest absolute Gasteiger partial charge is 0.322 e. The Hall–Kier alpha value is -1.80. The van der Waals surface area contributed by atoms with Gasteiger partial charge in [0.1, 0.15) is 0 Å². The normalized spacial score (nSPS) is 10.3. The second-order valence-corrected chi connectivity index (χ2v) is 4.87. The molecule has 0 atom stereocenters. The maximum absolute atomic E-state index is 12.2. The number of carbonyl (C=O) groups excluding carboxylic acids is 1. The average Bonchev–Trinajstić information content (AvgIpc) is 2.39. The van der Waals surface area contributed by atoms with E-state index in [9.17, 15) is 4.79 Å². The number of nitrogens with one attached hydrogen (secondary N) is 1. The van der Waals surface area contributed by atoms with E-state index in [1.165, 1.54) is 0 Å². The van der Waals surface area contributed by atoms with E-state index in [2.05, 4.69) is 5.32 Å². The molecule has 0 saturated heterocycles. The van der Waals surface area contributed by atoms with Crippen molar-refractivity contribution < 1.29 is 4.79 Å². The molecule has 0 spiro atoms. The third kappa shape index (κ3) is 3.36. The number of carbonyl (C=O) groups is 1. The number of anilines is 1. The second kappa shape index (κ2) is 5.89. The van der Waals surface area contributed by atoms with Crippen molar-refractivity contribution in [2.24, 2.45) is 0 Å². The molecule has 98 valence electrons. The van der Waals surface area contributed by atoms with Crippen LogP contribution in [0.5, 0.6) is 0 Å². The Bertz CT molecular complexity index is 590. The van der Waals surface area contributed by atoms with E-state index in [0.29, 0.717) is 11.4 Å². The van der Waals surface area contributed by atoms with Gasteiger partial charge >= 0.3 is 0 Å². The molecule has 3 heteroatoms. The van der Waals surface area contributed by atoms with Gasteiger partial charge in [-0.1, -0.05) is 29.8 Å². The van der Waals surface area contributed by atoms with Gasteiger partial charge in [0.2, 0.25) is 0 Å². The fraction of sp³-hybridized carbons (Fsp3) is 0.188. The first-order valence-electron chi connectivity index (χ1n) is 6.13. The van der Waals surface area contributed by atoms with Gasteiger partial charge in [-0.25, -0.2) is 0 Å². The van der Waals surface area contributed by atoms with Gasteiger partial charge in [-0.2, -0.15) is 0 Å². The zero-order valence-corrected chi connectivity index (χ0v) is 11.8. The number of hydrogen-bond acceptors (Lipinski definition) is 1. The standard InChI is InChI=1S/C16H16ClNO/c1-11-3-8-15(12(2)9-11)16(19)18-14-6-4-13(10-17)5-7-14/h3-9H,10H2,1-2H3,(H,18,19). The molecule has 0 fully saturated rings. The van der Waals surface area contributed by atoms with Crippen LogP contribution in [0.2, 0.25) is 0 Å². The highest BCUT2D eigenvalue weighted by Gasteiger charge is 2.09. The van der Waals surface area contributed by atoms with Crippen molar-refractivity contribution >= 4 is 23.2 Å². The molecule has 0 aliphatic carbocycles. The summed E-state index contributed by atoms with van der Waals surface area (Å²) in [6, 6.07) is 13.3. The third-order valence-corrected chi connectivity index (χ3v) is 3.30. The van der Waals surface area contributed by atoms with Crippen LogP contribution in [0.1, 0.15) is 27.0 Å². The molecule has 2 rings (SSSR count). The number of amides is 1. The zero-order valence-electron chi connectivity index (χ0n) is 11.0. The number of rotatable bonds is 3. The predicted octanol–water partition coefficient (Wildman–Crippen LogP) is 4.29. The molecule has 2 nitrogen and oxygen atoms in total. The molecule has 0 radical (unpaired) electrons. The van der Waals surface area contributed by atoms with Crippen LogP contribution in [0.3, 0.4) is 0 Å². The number of halogens is 1. The van der Waals surface area contributed by atoms with Crippen molar-refractivity contribution in [3.8, 4) is 0 Å². The summed E-state index contributed by atoms with van der Waals surface area (Å²) >= 11 is 5.73. The lowest BCUT2D eigenvalue weighted by atomic mass is 10.1. The van der Waals surface area contributed by atoms with Crippen LogP contribution in [0, 0.1) is 13.8 Å². The van der Waals surface area contributed by atoms with E-state index >= 15 is 0 Å². The summed E-state index contributed by atoms with van der Waals surface area (Å²) < 4.78 is 0. The molecule has 0 heterocycles. The number of hydrogen-bond donors (Lipinski definition) is 1. The van der Waals surface area contributed by atoms with Crippen LogP contribution in [-0.2, 0) is 5.88 Å². The van der Waals surface area contributed by atoms with E-state index in [1.807, 2.05) is 56.3 Å². The van der Waals surface area contributed by atoms with Crippen molar-refractivity contribution in [3.63, 3.8) is 0 Å². The lowest BCUT2D eigenvalue weighted by Gasteiger charge is -2.08. The van der Waals surface area contributed by atoms with E-state index < -0.39 is 0 Å². The topological polar surface area (TPSA) is 29.1 Å². The van der Waals surface area contributed by atoms with Gasteiger partial charge in [0, 0.05) is 17.1 Å². The smallest absolute Gasteiger partial charge is 0.255 e. The molecular weight excluding hydrogens is 258 g/mol. The summed E-state index contributed by atoms with van der Waals surface area (Å²) in [7, 11) is 0. The minimum Gasteiger partial charge on any atom is -0.322 e. The fourth-order valence-corrected chi connectivity index (χ4v) is 2.12. The third-order valence-electron chi connectivity index (χ3n) is 2.99. The molecule has 0 bridgehead atoms. The van der Waals surface area contributed by atoms with Gasteiger partial charge in [0.25, 0.3) is 5.91 Å². The Morgan fingerprint density at radius 2 is 1.79 bits per heavy atom. The van der Waals surface area contributed by atoms with Gasteiger partial charge in [-0.15, -0.1) is 11.6 Å². The summed E-state index contributed by atoms with van der Waals surface area (Å²) in [5, 5.41) is 2.89. The van der Waals surface area contributed by atoms with Crippen molar-refractivity contribution in [1.29, 1.82) is 0 Å². The highest BCUT2D eigenvalue weighted by molar-refractivity contribution is 6.17. The van der Waals surface area contributed by atoms with Crippen molar-refractivity contribution in [2.75, 3.05) is 5.32 Å². The molecule has 2 aromatic rings. The Morgan fingerprint density at radius 1 is 1.11 bits per heavy atom. The van der Waals surface area contributed by atoms with Crippen LogP contribution in [0.15, 0.2) is 42.5 Å².